The predicted molar refractivity (Wildman–Crippen MR) is 56.9 cm³/mol. The van der Waals surface area contributed by atoms with Crippen LogP contribution >= 0.6 is 0 Å². The fraction of sp³-hybridized carbons (Fsp3) is 0.333. The molecule has 0 spiro atoms. The molecule has 0 atom stereocenters. The number of benzene rings is 1. The first kappa shape index (κ1) is 9.85. The molecule has 1 aromatic carbocycles. The van der Waals surface area contributed by atoms with Gasteiger partial charge < -0.3 is 4.74 Å². The van der Waals surface area contributed by atoms with E-state index in [0.717, 1.165) is 12.4 Å². The Kier molecular flexibility index (Phi) is 3.56. The average molecular weight is 176 g/mol. The normalized spacial score (nSPS) is 9.46. The van der Waals surface area contributed by atoms with E-state index >= 15 is 0 Å². The molecule has 1 aromatic rings. The minimum atomic E-state index is 0.724. The molecule has 0 bridgehead atoms. The van der Waals surface area contributed by atoms with Crippen LogP contribution in [-0.4, -0.2) is 6.61 Å². The van der Waals surface area contributed by atoms with E-state index in [2.05, 4.69) is 32.1 Å². The van der Waals surface area contributed by atoms with E-state index in [0.29, 0.717) is 0 Å². The molecule has 0 N–H and O–H groups in total. The van der Waals surface area contributed by atoms with Gasteiger partial charge in [0.25, 0.3) is 0 Å². The van der Waals surface area contributed by atoms with Crippen molar-refractivity contribution < 1.29 is 4.74 Å². The first-order chi connectivity index (χ1) is 6.22. The molecule has 0 unspecified atom stereocenters. The standard InChI is InChI=1S/C12H16O/c1-4-13-12-7-5-11(6-8-12)9-10(2)3/h5-9H,4H2,1-3H3. The Morgan fingerprint density at radius 2 is 1.85 bits per heavy atom. The van der Waals surface area contributed by atoms with Crippen LogP contribution in [0, 0.1) is 0 Å². The molecule has 0 saturated carbocycles. The lowest BCUT2D eigenvalue weighted by Crippen LogP contribution is -1.90. The second-order valence-electron chi connectivity index (χ2n) is 3.22. The summed E-state index contributed by atoms with van der Waals surface area (Å²) < 4.78 is 5.35. The van der Waals surface area contributed by atoms with Crippen molar-refractivity contribution in [3.8, 4) is 5.75 Å². The van der Waals surface area contributed by atoms with Gasteiger partial charge in [-0.1, -0.05) is 23.8 Å². The molecule has 0 fully saturated rings. The van der Waals surface area contributed by atoms with Crippen LogP contribution in [0.15, 0.2) is 29.8 Å². The van der Waals surface area contributed by atoms with Crippen LogP contribution in [0.3, 0.4) is 0 Å². The molecule has 0 saturated heterocycles. The largest absolute Gasteiger partial charge is 0.494 e. The molecule has 1 rings (SSSR count). The van der Waals surface area contributed by atoms with Gasteiger partial charge in [-0.25, -0.2) is 0 Å². The van der Waals surface area contributed by atoms with E-state index in [1.807, 2.05) is 19.1 Å². The van der Waals surface area contributed by atoms with Crippen LogP contribution in [0.4, 0.5) is 0 Å². The van der Waals surface area contributed by atoms with Gasteiger partial charge in [-0.15, -0.1) is 0 Å². The van der Waals surface area contributed by atoms with Crippen molar-refractivity contribution in [2.75, 3.05) is 6.61 Å². The smallest absolute Gasteiger partial charge is 0.119 e. The highest BCUT2D eigenvalue weighted by Gasteiger charge is 1.91. The van der Waals surface area contributed by atoms with Crippen LogP contribution in [0.1, 0.15) is 26.3 Å². The van der Waals surface area contributed by atoms with Crippen LogP contribution in [0.25, 0.3) is 6.08 Å². The Labute approximate surface area is 80.0 Å². The minimum absolute atomic E-state index is 0.724. The topological polar surface area (TPSA) is 9.23 Å². The maximum absolute atomic E-state index is 5.35. The zero-order valence-corrected chi connectivity index (χ0v) is 8.50. The third kappa shape index (κ3) is 3.32. The zero-order chi connectivity index (χ0) is 9.68. The second-order valence-corrected chi connectivity index (χ2v) is 3.22. The highest BCUT2D eigenvalue weighted by Crippen LogP contribution is 2.14. The van der Waals surface area contributed by atoms with Crippen molar-refractivity contribution in [1.82, 2.24) is 0 Å². The van der Waals surface area contributed by atoms with Crippen molar-refractivity contribution in [3.05, 3.63) is 35.4 Å². The van der Waals surface area contributed by atoms with E-state index in [4.69, 9.17) is 4.74 Å². The van der Waals surface area contributed by atoms with E-state index in [-0.39, 0.29) is 0 Å². The molecule has 13 heavy (non-hydrogen) atoms. The lowest BCUT2D eigenvalue weighted by molar-refractivity contribution is 0.340. The number of ether oxygens (including phenoxy) is 1. The Morgan fingerprint density at radius 1 is 1.23 bits per heavy atom. The van der Waals surface area contributed by atoms with Crippen molar-refractivity contribution in [1.29, 1.82) is 0 Å². The fourth-order valence-electron chi connectivity index (χ4n) is 1.16. The SMILES string of the molecule is CCOc1ccc(C=C(C)C)cc1. The summed E-state index contributed by atoms with van der Waals surface area (Å²) in [7, 11) is 0. The van der Waals surface area contributed by atoms with Gasteiger partial charge in [-0.2, -0.15) is 0 Å². The fourth-order valence-corrected chi connectivity index (χ4v) is 1.16. The van der Waals surface area contributed by atoms with Crippen molar-refractivity contribution in [2.45, 2.75) is 20.8 Å². The Balaban J connectivity index is 2.75. The van der Waals surface area contributed by atoms with Gasteiger partial charge >= 0.3 is 0 Å². The highest BCUT2D eigenvalue weighted by molar-refractivity contribution is 5.52. The number of allylic oxidation sites excluding steroid dienone is 1. The quantitative estimate of drug-likeness (QED) is 0.684. The van der Waals surface area contributed by atoms with Crippen LogP contribution in [0.5, 0.6) is 5.75 Å². The van der Waals surface area contributed by atoms with E-state index in [9.17, 15) is 0 Å². The summed E-state index contributed by atoms with van der Waals surface area (Å²) in [6.45, 7) is 6.90. The summed E-state index contributed by atoms with van der Waals surface area (Å²) in [6, 6.07) is 8.13. The van der Waals surface area contributed by atoms with E-state index in [1.165, 1.54) is 11.1 Å². The van der Waals surface area contributed by atoms with E-state index in [1.54, 1.807) is 0 Å². The third-order valence-electron chi connectivity index (χ3n) is 1.65. The maximum atomic E-state index is 5.35. The third-order valence-corrected chi connectivity index (χ3v) is 1.65. The van der Waals surface area contributed by atoms with Gasteiger partial charge in [0.05, 0.1) is 6.61 Å². The molecular formula is C12H16O. The molecule has 0 aliphatic carbocycles. The minimum Gasteiger partial charge on any atom is -0.494 e. The van der Waals surface area contributed by atoms with Crippen LogP contribution < -0.4 is 4.74 Å². The molecule has 0 radical (unpaired) electrons. The molecule has 0 aromatic heterocycles. The summed E-state index contributed by atoms with van der Waals surface area (Å²) in [5.74, 6) is 0.938. The van der Waals surface area contributed by atoms with E-state index < -0.39 is 0 Å². The molecule has 0 heterocycles. The molecule has 0 amide bonds. The van der Waals surface area contributed by atoms with Crippen LogP contribution in [0.2, 0.25) is 0 Å². The summed E-state index contributed by atoms with van der Waals surface area (Å²) in [4.78, 5) is 0. The van der Waals surface area contributed by atoms with Crippen molar-refractivity contribution >= 4 is 6.08 Å². The molecular weight excluding hydrogens is 160 g/mol. The van der Waals surface area contributed by atoms with Gasteiger partial charge in [0.1, 0.15) is 5.75 Å². The van der Waals surface area contributed by atoms with Gasteiger partial charge in [0, 0.05) is 0 Å². The number of hydrogen-bond acceptors (Lipinski definition) is 1. The summed E-state index contributed by atoms with van der Waals surface area (Å²) in [5, 5.41) is 0. The first-order valence-electron chi connectivity index (χ1n) is 4.60. The Hall–Kier alpha value is -1.24. The van der Waals surface area contributed by atoms with Crippen molar-refractivity contribution in [3.63, 3.8) is 0 Å². The zero-order valence-electron chi connectivity index (χ0n) is 8.50. The summed E-state index contributed by atoms with van der Waals surface area (Å²) >= 11 is 0. The van der Waals surface area contributed by atoms with Gasteiger partial charge in [0.15, 0.2) is 0 Å². The average Bonchev–Trinajstić information content (AvgIpc) is 2.08. The van der Waals surface area contributed by atoms with Gasteiger partial charge in [-0.05, 0) is 38.5 Å². The number of hydrogen-bond donors (Lipinski definition) is 0. The molecule has 1 nitrogen and oxygen atoms in total. The molecule has 0 aliphatic heterocycles. The highest BCUT2D eigenvalue weighted by atomic mass is 16.5. The second kappa shape index (κ2) is 4.70. The van der Waals surface area contributed by atoms with Crippen molar-refractivity contribution in [2.24, 2.45) is 0 Å². The van der Waals surface area contributed by atoms with Gasteiger partial charge in [-0.3, -0.25) is 0 Å². The van der Waals surface area contributed by atoms with Crippen LogP contribution in [-0.2, 0) is 0 Å². The number of rotatable bonds is 3. The lowest BCUT2D eigenvalue weighted by atomic mass is 10.1. The monoisotopic (exact) mass is 176 g/mol. The van der Waals surface area contributed by atoms with Gasteiger partial charge in [0.2, 0.25) is 0 Å². The summed E-state index contributed by atoms with van der Waals surface area (Å²) in [5.41, 5.74) is 2.53. The summed E-state index contributed by atoms with van der Waals surface area (Å²) in [6.07, 6.45) is 2.15. The first-order valence-corrected chi connectivity index (χ1v) is 4.60. The predicted octanol–water partition coefficient (Wildman–Crippen LogP) is 3.51. The lowest BCUT2D eigenvalue weighted by Gasteiger charge is -2.02. The molecule has 0 aliphatic rings. The maximum Gasteiger partial charge on any atom is 0.119 e. The Bertz CT molecular complexity index is 278. The molecule has 70 valence electrons. The molecule has 1 heteroatoms. The Morgan fingerprint density at radius 3 is 2.31 bits per heavy atom.